The van der Waals surface area contributed by atoms with Gasteiger partial charge in [-0.15, -0.1) is 0 Å². The fraction of sp³-hybridized carbons (Fsp3) is 0.0680. The van der Waals surface area contributed by atoms with E-state index in [0.717, 1.165) is 49.7 Å². The molecular weight excluding hydrogens is 1360 g/mol. The lowest BCUT2D eigenvalue weighted by atomic mass is 9.81. The Labute approximate surface area is 626 Å². The van der Waals surface area contributed by atoms with Gasteiger partial charge in [-0.25, -0.2) is 0 Å². The highest BCUT2D eigenvalue weighted by molar-refractivity contribution is 9.10. The van der Waals surface area contributed by atoms with Gasteiger partial charge in [-0.2, -0.15) is 0 Å². The Morgan fingerprint density at radius 3 is 1.12 bits per heavy atom. The minimum Gasteiger partial charge on any atom is -0.456 e. The molecule has 0 spiro atoms. The van der Waals surface area contributed by atoms with Gasteiger partial charge in [0.25, 0.3) is 0 Å². The average molecular weight is 1430 g/mol. The first-order valence-corrected chi connectivity index (χ1v) is 38.0. The first kappa shape index (κ1) is 61.8. The number of fused-ring (bicyclic) bond motifs is 30. The van der Waals surface area contributed by atoms with Crippen molar-refractivity contribution in [3.05, 3.63) is 365 Å². The maximum absolute atomic E-state index is 6.14. The van der Waals surface area contributed by atoms with E-state index in [9.17, 15) is 0 Å². The van der Waals surface area contributed by atoms with Crippen molar-refractivity contribution < 1.29 is 8.83 Å². The molecule has 18 aromatic carbocycles. The van der Waals surface area contributed by atoms with E-state index in [2.05, 4.69) is 339 Å². The molecule has 0 radical (unpaired) electrons. The van der Waals surface area contributed by atoms with E-state index in [-0.39, 0.29) is 10.8 Å². The number of para-hydroxylation sites is 2. The zero-order valence-corrected chi connectivity index (χ0v) is 61.1. The molecule has 0 amide bonds. The largest absolute Gasteiger partial charge is 0.456 e. The molecule has 3 aliphatic carbocycles. The number of aromatic nitrogens is 1. The lowest BCUT2D eigenvalue weighted by molar-refractivity contribution is 0.659. The van der Waals surface area contributed by atoms with E-state index >= 15 is 0 Å². The fourth-order valence-corrected chi connectivity index (χ4v) is 19.2. The molecule has 0 atom stereocenters. The van der Waals surface area contributed by atoms with E-state index < -0.39 is 0 Å². The van der Waals surface area contributed by atoms with Crippen LogP contribution in [-0.2, 0) is 17.3 Å². The van der Waals surface area contributed by atoms with Crippen LogP contribution in [0.3, 0.4) is 0 Å². The summed E-state index contributed by atoms with van der Waals surface area (Å²) < 4.78 is 15.6. The Bertz CT molecular complexity index is 7400. The molecule has 21 aromatic rings. The molecular formula is C103H68BrNO2. The molecule has 0 fully saturated rings. The maximum atomic E-state index is 6.14. The lowest BCUT2D eigenvalue weighted by Crippen LogP contribution is -2.15. The first-order valence-electron chi connectivity index (χ1n) is 37.2. The van der Waals surface area contributed by atoms with Crippen LogP contribution < -0.4 is 0 Å². The molecule has 3 nitrogen and oxygen atoms in total. The first-order chi connectivity index (χ1) is 52.4. The van der Waals surface area contributed by atoms with Crippen molar-refractivity contribution in [1.82, 2.24) is 4.57 Å². The predicted molar refractivity (Wildman–Crippen MR) is 455 cm³/mol. The third kappa shape index (κ3) is 9.32. The number of rotatable bonds is 3. The fourth-order valence-electron chi connectivity index (χ4n) is 18.9. The van der Waals surface area contributed by atoms with Crippen molar-refractivity contribution in [3.63, 3.8) is 0 Å². The molecule has 0 unspecified atom stereocenters. The third-order valence-corrected chi connectivity index (χ3v) is 24.7. The summed E-state index contributed by atoms with van der Waals surface area (Å²) in [6.07, 6.45) is 1.02. The zero-order valence-electron chi connectivity index (χ0n) is 59.5. The molecule has 0 aliphatic heterocycles. The zero-order chi connectivity index (χ0) is 71.1. The van der Waals surface area contributed by atoms with E-state index in [1.165, 1.54) is 186 Å². The van der Waals surface area contributed by atoms with Gasteiger partial charge in [-0.05, 0) is 263 Å². The predicted octanol–water partition coefficient (Wildman–Crippen LogP) is 29.2. The Morgan fingerprint density at radius 1 is 0.243 bits per heavy atom. The van der Waals surface area contributed by atoms with Crippen molar-refractivity contribution in [2.24, 2.45) is 0 Å². The van der Waals surface area contributed by atoms with Crippen molar-refractivity contribution >= 4 is 146 Å². The van der Waals surface area contributed by atoms with Crippen LogP contribution in [0.1, 0.15) is 61.1 Å². The van der Waals surface area contributed by atoms with Crippen molar-refractivity contribution in [3.8, 4) is 61.3 Å². The third-order valence-electron chi connectivity index (χ3n) is 24.2. The number of hydrogen-bond donors (Lipinski definition) is 0. The molecule has 3 aromatic heterocycles. The number of furan rings is 2. The minimum absolute atomic E-state index is 0.0485. The van der Waals surface area contributed by atoms with Gasteiger partial charge in [0.05, 0.1) is 11.0 Å². The van der Waals surface area contributed by atoms with Gasteiger partial charge in [-0.1, -0.05) is 268 Å². The molecule has 3 heterocycles. The quantitative estimate of drug-likeness (QED) is 0.165. The molecule has 0 bridgehead atoms. The van der Waals surface area contributed by atoms with Gasteiger partial charge in [0.1, 0.15) is 22.3 Å². The van der Waals surface area contributed by atoms with Gasteiger partial charge < -0.3 is 13.4 Å². The number of nitrogens with zero attached hydrogens (tertiary/aromatic N) is 1. The molecule has 0 saturated carbocycles. The highest BCUT2D eigenvalue weighted by Crippen LogP contribution is 2.55. The van der Waals surface area contributed by atoms with Crippen molar-refractivity contribution in [2.45, 2.75) is 44.9 Å². The molecule has 0 N–H and O–H groups in total. The minimum atomic E-state index is -0.0989. The Hall–Kier alpha value is -12.6. The monoisotopic (exact) mass is 1430 g/mol. The Kier molecular flexibility index (Phi) is 13.4. The molecule has 504 valence electrons. The van der Waals surface area contributed by atoms with Crippen molar-refractivity contribution in [1.29, 1.82) is 0 Å². The number of halogens is 1. The number of hydrogen-bond acceptors (Lipinski definition) is 2. The highest BCUT2D eigenvalue weighted by Gasteiger charge is 2.39. The van der Waals surface area contributed by atoms with E-state index in [0.29, 0.717) is 0 Å². The standard InChI is InChI=1S/C51H33NO.C34H24.C18H11BrO/c1-51(2)45-17-9-7-15-37(45)41-27-43-42-26-39-35-13-5-3-11-33(35)34-12-4-6-14-36(34)40(39)28-47(42)52(48(43)29-46(41)51)32-22-19-30(20-23-32)31-21-24-50-44(25-31)38-16-8-10-18-49(38)53-50;1-34(2)32-14-8-7-13-26(32)31-19-28-21(17-33(31)34)15-20-16-29-24-11-5-3-9-22(24)23-10-4-6-12-25(23)30(29)18-27(20)28;19-14-8-5-12(6-9-14)13-7-10-18-16(11-13)15-3-1-2-4-17(15)20-18/h3-29H,1-2H3;3-14,16-19H,15H2,1-2H3;1-11H. The van der Waals surface area contributed by atoms with Crippen LogP contribution in [0.15, 0.2) is 341 Å². The Balaban J connectivity index is 0.000000112. The summed E-state index contributed by atoms with van der Waals surface area (Å²) in [5.41, 5.74) is 29.0. The maximum Gasteiger partial charge on any atom is 0.135 e. The number of benzene rings is 18. The summed E-state index contributed by atoms with van der Waals surface area (Å²) >= 11 is 3.47. The van der Waals surface area contributed by atoms with Crippen LogP contribution >= 0.6 is 15.9 Å². The smallest absolute Gasteiger partial charge is 0.135 e. The van der Waals surface area contributed by atoms with Gasteiger partial charge >= 0.3 is 0 Å². The Morgan fingerprint density at radius 2 is 0.598 bits per heavy atom. The van der Waals surface area contributed by atoms with Gasteiger partial charge in [0.2, 0.25) is 0 Å². The van der Waals surface area contributed by atoms with Gasteiger partial charge in [-0.3, -0.25) is 0 Å². The van der Waals surface area contributed by atoms with E-state index in [1.54, 1.807) is 0 Å². The van der Waals surface area contributed by atoms with Crippen LogP contribution in [-0.4, -0.2) is 4.57 Å². The summed E-state index contributed by atoms with van der Waals surface area (Å²) in [6, 6.07) is 120. The average Bonchev–Trinajstić information content (AvgIpc) is 1.51. The van der Waals surface area contributed by atoms with Crippen LogP contribution in [0.2, 0.25) is 0 Å². The normalized spacial score (nSPS) is 13.6. The summed E-state index contributed by atoms with van der Waals surface area (Å²) in [4.78, 5) is 0. The molecule has 3 aliphatic rings. The van der Waals surface area contributed by atoms with Crippen LogP contribution in [0.5, 0.6) is 0 Å². The molecule has 4 heteroatoms. The van der Waals surface area contributed by atoms with Crippen LogP contribution in [0, 0.1) is 0 Å². The second-order valence-electron chi connectivity index (χ2n) is 30.6. The van der Waals surface area contributed by atoms with E-state index in [4.69, 9.17) is 8.83 Å². The van der Waals surface area contributed by atoms with Gasteiger partial charge in [0.15, 0.2) is 0 Å². The summed E-state index contributed by atoms with van der Waals surface area (Å²) in [6.45, 7) is 9.49. The topological polar surface area (TPSA) is 31.2 Å². The van der Waals surface area contributed by atoms with Crippen LogP contribution in [0.4, 0.5) is 0 Å². The second kappa shape index (κ2) is 23.2. The summed E-state index contributed by atoms with van der Waals surface area (Å²) in [5, 5.41) is 23.1. The second-order valence-corrected chi connectivity index (χ2v) is 31.6. The molecule has 24 rings (SSSR count). The van der Waals surface area contributed by atoms with Crippen molar-refractivity contribution in [2.75, 3.05) is 0 Å². The molecule has 0 saturated heterocycles. The molecule has 107 heavy (non-hydrogen) atoms. The summed E-state index contributed by atoms with van der Waals surface area (Å²) in [5.74, 6) is 0. The van der Waals surface area contributed by atoms with E-state index in [1.807, 2.05) is 36.4 Å². The summed E-state index contributed by atoms with van der Waals surface area (Å²) in [7, 11) is 0. The SMILES string of the molecule is Brc1ccc(-c2ccc3oc4ccccc4c3c2)cc1.CC1(C)c2ccccc2-c2cc3c(cc21)Cc1cc2c4ccccc4c4ccccc4c2cc1-3.CC1(C)c2ccccc2-c2cc3c4cc5c6ccccc6c6ccccc6c5cc4n(-c4ccc(-c5ccc6oc7ccccc7c6c5)cc4)c3cc21. The highest BCUT2D eigenvalue weighted by atomic mass is 79.9. The lowest BCUT2D eigenvalue weighted by Gasteiger charge is -2.22. The van der Waals surface area contributed by atoms with Crippen LogP contribution in [0.25, 0.3) is 192 Å². The van der Waals surface area contributed by atoms with Gasteiger partial charge in [0, 0.05) is 53.3 Å².